The molecule has 1 unspecified atom stereocenters. The van der Waals surface area contributed by atoms with E-state index >= 15 is 0 Å². The largest absolute Gasteiger partial charge is 0.440 e. The molecule has 1 saturated heterocycles. The molecule has 0 radical (unpaired) electrons. The molecule has 6 nitrogen and oxygen atoms in total. The van der Waals surface area contributed by atoms with Crippen molar-refractivity contribution in [3.8, 4) is 0 Å². The van der Waals surface area contributed by atoms with E-state index in [0.717, 1.165) is 19.3 Å². The molecule has 1 heterocycles. The number of hydrogen-bond donors (Lipinski definition) is 2. The minimum absolute atomic E-state index is 0.124. The van der Waals surface area contributed by atoms with Crippen molar-refractivity contribution in [1.82, 2.24) is 15.5 Å². The molecule has 27 heavy (non-hydrogen) atoms. The third-order valence-electron chi connectivity index (χ3n) is 4.83. The van der Waals surface area contributed by atoms with E-state index in [9.17, 15) is 27.6 Å². The van der Waals surface area contributed by atoms with Gasteiger partial charge in [-0.15, -0.1) is 0 Å². The van der Waals surface area contributed by atoms with E-state index in [1.165, 1.54) is 24.3 Å². The number of imide groups is 1. The van der Waals surface area contributed by atoms with Crippen LogP contribution in [0.3, 0.4) is 0 Å². The fourth-order valence-corrected chi connectivity index (χ4v) is 3.54. The first-order chi connectivity index (χ1) is 12.7. The van der Waals surface area contributed by atoms with Gasteiger partial charge in [0.15, 0.2) is 0 Å². The molecule has 1 aromatic rings. The topological polar surface area (TPSA) is 78.5 Å². The highest BCUT2D eigenvalue weighted by Gasteiger charge is 2.69. The third-order valence-corrected chi connectivity index (χ3v) is 5.08. The summed E-state index contributed by atoms with van der Waals surface area (Å²) >= 11 is 5.70. The zero-order chi connectivity index (χ0) is 19.8. The van der Waals surface area contributed by atoms with Gasteiger partial charge in [0.05, 0.1) is 0 Å². The number of carbonyl (C=O) groups is 3. The zero-order valence-corrected chi connectivity index (χ0v) is 14.9. The summed E-state index contributed by atoms with van der Waals surface area (Å²) in [6.07, 6.45) is -1.99. The summed E-state index contributed by atoms with van der Waals surface area (Å²) in [4.78, 5) is 37.9. The van der Waals surface area contributed by atoms with E-state index in [-0.39, 0.29) is 5.56 Å². The number of rotatable bonds is 3. The van der Waals surface area contributed by atoms with Gasteiger partial charge >= 0.3 is 12.2 Å². The quantitative estimate of drug-likeness (QED) is 0.761. The van der Waals surface area contributed by atoms with Crippen LogP contribution in [0.5, 0.6) is 0 Å². The second kappa shape index (κ2) is 7.03. The normalized spacial score (nSPS) is 24.1. The lowest BCUT2D eigenvalue weighted by molar-refractivity contribution is -0.200. The molecular formula is C17H17ClF3N3O3. The monoisotopic (exact) mass is 403 g/mol. The highest BCUT2D eigenvalue weighted by Crippen LogP contribution is 2.36. The molecule has 1 aliphatic heterocycles. The molecule has 0 aromatic heterocycles. The molecule has 1 saturated carbocycles. The highest BCUT2D eigenvalue weighted by molar-refractivity contribution is 6.30. The van der Waals surface area contributed by atoms with Crippen molar-refractivity contribution in [3.05, 3.63) is 34.9 Å². The van der Waals surface area contributed by atoms with Gasteiger partial charge in [-0.05, 0) is 37.1 Å². The van der Waals surface area contributed by atoms with Gasteiger partial charge in [0.25, 0.3) is 17.5 Å². The molecule has 10 heteroatoms. The lowest BCUT2D eigenvalue weighted by Crippen LogP contribution is -2.69. The number of hydrogen-bond acceptors (Lipinski definition) is 3. The molecule has 1 aromatic carbocycles. The molecule has 0 bridgehead atoms. The number of benzene rings is 1. The van der Waals surface area contributed by atoms with Gasteiger partial charge in [0.2, 0.25) is 0 Å². The van der Waals surface area contributed by atoms with Crippen LogP contribution in [0.4, 0.5) is 18.0 Å². The van der Waals surface area contributed by atoms with Crippen LogP contribution in [0, 0.1) is 0 Å². The van der Waals surface area contributed by atoms with Gasteiger partial charge in [-0.2, -0.15) is 13.2 Å². The Morgan fingerprint density at radius 2 is 1.74 bits per heavy atom. The van der Waals surface area contributed by atoms with E-state index in [1.807, 2.05) is 0 Å². The van der Waals surface area contributed by atoms with Gasteiger partial charge in [0.1, 0.15) is 0 Å². The number of nitrogens with one attached hydrogen (secondary N) is 2. The van der Waals surface area contributed by atoms with E-state index in [1.54, 1.807) is 10.6 Å². The Bertz CT molecular complexity index is 763. The average Bonchev–Trinajstić information content (AvgIpc) is 2.87. The maximum Gasteiger partial charge on any atom is 0.440 e. The molecule has 3 rings (SSSR count). The Morgan fingerprint density at radius 1 is 1.15 bits per heavy atom. The second-order valence-electron chi connectivity index (χ2n) is 6.61. The molecule has 146 valence electrons. The van der Waals surface area contributed by atoms with Crippen LogP contribution < -0.4 is 10.6 Å². The van der Waals surface area contributed by atoms with Crippen LogP contribution in [-0.4, -0.2) is 40.6 Å². The lowest BCUT2D eigenvalue weighted by atomic mass is 9.94. The number of halogens is 4. The summed E-state index contributed by atoms with van der Waals surface area (Å²) in [6, 6.07) is 3.35. The summed E-state index contributed by atoms with van der Waals surface area (Å²) in [5, 5.41) is 3.66. The fraction of sp³-hybridized carbons (Fsp3) is 0.471. The summed E-state index contributed by atoms with van der Waals surface area (Å²) in [5.74, 6) is -2.66. The van der Waals surface area contributed by atoms with Crippen LogP contribution in [-0.2, 0) is 4.79 Å². The summed E-state index contributed by atoms with van der Waals surface area (Å²) < 4.78 is 41.5. The van der Waals surface area contributed by atoms with Crippen LogP contribution in [0.1, 0.15) is 42.5 Å². The van der Waals surface area contributed by atoms with Crippen LogP contribution in [0.15, 0.2) is 24.3 Å². The van der Waals surface area contributed by atoms with Crippen molar-refractivity contribution in [1.29, 1.82) is 0 Å². The Kier molecular flexibility index (Phi) is 5.07. The van der Waals surface area contributed by atoms with Crippen molar-refractivity contribution in [2.45, 2.75) is 50.0 Å². The van der Waals surface area contributed by atoms with Gasteiger partial charge in [0, 0.05) is 16.6 Å². The Balaban J connectivity index is 1.91. The highest BCUT2D eigenvalue weighted by atomic mass is 35.5. The predicted molar refractivity (Wildman–Crippen MR) is 90.0 cm³/mol. The van der Waals surface area contributed by atoms with Crippen molar-refractivity contribution in [2.24, 2.45) is 0 Å². The zero-order valence-electron chi connectivity index (χ0n) is 14.1. The van der Waals surface area contributed by atoms with E-state index in [0.29, 0.717) is 22.8 Å². The number of alkyl halides is 3. The number of amides is 4. The Hall–Kier alpha value is -2.29. The van der Waals surface area contributed by atoms with Gasteiger partial charge in [-0.25, -0.2) is 4.79 Å². The Labute approximate surface area is 158 Å². The van der Waals surface area contributed by atoms with Gasteiger partial charge < -0.3 is 5.32 Å². The standard InChI is InChI=1S/C17H17ClF3N3O3/c18-11-8-6-10(7-9-11)13(25)22-16(17(19,20)21)14(26)24(15(27)23-16)12-4-2-1-3-5-12/h6-9,12H,1-5H2,(H,22,25)(H,23,27). The molecular weight excluding hydrogens is 387 g/mol. The van der Waals surface area contributed by atoms with E-state index in [4.69, 9.17) is 11.6 Å². The first kappa shape index (κ1) is 19.5. The fourth-order valence-electron chi connectivity index (χ4n) is 3.41. The first-order valence-electron chi connectivity index (χ1n) is 8.46. The third kappa shape index (κ3) is 3.47. The predicted octanol–water partition coefficient (Wildman–Crippen LogP) is 3.21. The average molecular weight is 404 g/mol. The molecule has 2 aliphatic rings. The van der Waals surface area contributed by atoms with Crippen molar-refractivity contribution in [3.63, 3.8) is 0 Å². The second-order valence-corrected chi connectivity index (χ2v) is 7.04. The Morgan fingerprint density at radius 3 is 2.30 bits per heavy atom. The van der Waals surface area contributed by atoms with Crippen LogP contribution >= 0.6 is 11.6 Å². The summed E-state index contributed by atoms with van der Waals surface area (Å²) in [5.41, 5.74) is -3.61. The number of nitrogens with zero attached hydrogens (tertiary/aromatic N) is 1. The maximum absolute atomic E-state index is 13.8. The molecule has 1 atom stereocenters. The molecule has 4 amide bonds. The first-order valence-corrected chi connectivity index (χ1v) is 8.84. The molecule has 2 fully saturated rings. The van der Waals surface area contributed by atoms with E-state index < -0.39 is 35.7 Å². The minimum atomic E-state index is -5.22. The summed E-state index contributed by atoms with van der Waals surface area (Å²) in [7, 11) is 0. The molecule has 0 spiro atoms. The minimum Gasteiger partial charge on any atom is -0.314 e. The summed E-state index contributed by atoms with van der Waals surface area (Å²) in [6.45, 7) is 0. The lowest BCUT2D eigenvalue weighted by Gasteiger charge is -2.32. The van der Waals surface area contributed by atoms with E-state index in [2.05, 4.69) is 0 Å². The molecule has 1 aliphatic carbocycles. The van der Waals surface area contributed by atoms with Crippen LogP contribution in [0.25, 0.3) is 0 Å². The van der Waals surface area contributed by atoms with Crippen LogP contribution in [0.2, 0.25) is 5.02 Å². The SMILES string of the molecule is O=C(NC1(C(F)(F)F)NC(=O)N(C2CCCCC2)C1=O)c1ccc(Cl)cc1. The van der Waals surface area contributed by atoms with Crippen molar-refractivity contribution >= 4 is 29.4 Å². The van der Waals surface area contributed by atoms with Gasteiger partial charge in [-0.3, -0.25) is 19.8 Å². The number of urea groups is 1. The number of carbonyl (C=O) groups excluding carboxylic acids is 3. The van der Waals surface area contributed by atoms with Crippen molar-refractivity contribution < 1.29 is 27.6 Å². The maximum atomic E-state index is 13.8. The van der Waals surface area contributed by atoms with Gasteiger partial charge in [-0.1, -0.05) is 30.9 Å². The molecule has 2 N–H and O–H groups in total. The van der Waals surface area contributed by atoms with Crippen molar-refractivity contribution in [2.75, 3.05) is 0 Å². The smallest absolute Gasteiger partial charge is 0.314 e.